The minimum atomic E-state index is 0.156. The van der Waals surface area contributed by atoms with Crippen LogP contribution in [0, 0.1) is 23.7 Å². The summed E-state index contributed by atoms with van der Waals surface area (Å²) in [6.45, 7) is 0. The summed E-state index contributed by atoms with van der Waals surface area (Å²) in [5, 5.41) is 5.11. The summed E-state index contributed by atoms with van der Waals surface area (Å²) in [6.07, 6.45) is 7.10. The van der Waals surface area contributed by atoms with E-state index in [1.807, 2.05) is 0 Å². The van der Waals surface area contributed by atoms with Crippen LogP contribution in [0.5, 0.6) is 0 Å². The largest absolute Gasteiger partial charge is 0.310 e. The Balaban J connectivity index is 1.23. The van der Waals surface area contributed by atoms with Gasteiger partial charge in [0.2, 0.25) is 0 Å². The van der Waals surface area contributed by atoms with Gasteiger partial charge in [0, 0.05) is 22.2 Å². The van der Waals surface area contributed by atoms with Crippen LogP contribution in [0.15, 0.2) is 127 Å². The van der Waals surface area contributed by atoms with Crippen LogP contribution in [0.1, 0.15) is 43.2 Å². The van der Waals surface area contributed by atoms with Gasteiger partial charge in [0.1, 0.15) is 0 Å². The first-order valence-electron chi connectivity index (χ1n) is 16.3. The van der Waals surface area contributed by atoms with Crippen molar-refractivity contribution in [3.8, 4) is 11.1 Å². The molecule has 0 saturated heterocycles. The minimum Gasteiger partial charge on any atom is -0.310 e. The topological polar surface area (TPSA) is 3.24 Å². The Morgan fingerprint density at radius 3 is 1.93 bits per heavy atom. The molecular weight excluding hydrogens is 518 g/mol. The summed E-state index contributed by atoms with van der Waals surface area (Å²) in [5.74, 6) is 3.40. The summed E-state index contributed by atoms with van der Waals surface area (Å²) in [7, 11) is 0. The third-order valence-corrected chi connectivity index (χ3v) is 11.8. The number of hydrogen-bond donors (Lipinski definition) is 0. The maximum Gasteiger partial charge on any atom is 0.0540 e. The standard InChI is InChI=1S/C42H35N/c1-2-10-31-25-34(17-16-29(31)8-1)43(41-15-7-11-30-9-3-4-12-36(30)41)35-18-19-38-37-13-5-6-14-39(37)42(40(38)26-35)32-21-27-20-28(23-32)24-33(42)22-27/h1-19,25-28,32-33H,20-24H2. The molecule has 1 heteroatoms. The van der Waals surface area contributed by atoms with Crippen molar-refractivity contribution in [2.75, 3.05) is 4.90 Å². The Kier molecular flexibility index (Phi) is 4.95. The van der Waals surface area contributed by atoms with E-state index in [0.29, 0.717) is 0 Å². The lowest BCUT2D eigenvalue weighted by atomic mass is 9.43. The van der Waals surface area contributed by atoms with Crippen molar-refractivity contribution in [2.24, 2.45) is 23.7 Å². The molecule has 1 spiro atoms. The van der Waals surface area contributed by atoms with E-state index in [-0.39, 0.29) is 5.41 Å². The molecule has 6 aromatic rings. The molecule has 4 saturated carbocycles. The van der Waals surface area contributed by atoms with Crippen molar-refractivity contribution in [3.63, 3.8) is 0 Å². The average molecular weight is 554 g/mol. The van der Waals surface area contributed by atoms with Gasteiger partial charge < -0.3 is 4.90 Å². The van der Waals surface area contributed by atoms with Gasteiger partial charge in [0.15, 0.2) is 0 Å². The molecule has 43 heavy (non-hydrogen) atoms. The van der Waals surface area contributed by atoms with Crippen LogP contribution in [-0.4, -0.2) is 0 Å². The van der Waals surface area contributed by atoms with Crippen LogP contribution in [0.2, 0.25) is 0 Å². The van der Waals surface area contributed by atoms with Gasteiger partial charge in [-0.2, -0.15) is 0 Å². The van der Waals surface area contributed by atoms with E-state index in [0.717, 1.165) is 23.7 Å². The second kappa shape index (κ2) is 8.83. The van der Waals surface area contributed by atoms with E-state index in [1.165, 1.54) is 81.8 Å². The second-order valence-corrected chi connectivity index (χ2v) is 13.8. The molecule has 0 aliphatic heterocycles. The van der Waals surface area contributed by atoms with Gasteiger partial charge in [-0.25, -0.2) is 0 Å². The van der Waals surface area contributed by atoms with Crippen molar-refractivity contribution in [3.05, 3.63) is 139 Å². The van der Waals surface area contributed by atoms with Crippen molar-refractivity contribution in [2.45, 2.75) is 37.5 Å². The summed E-state index contributed by atoms with van der Waals surface area (Å²) in [4.78, 5) is 2.53. The first-order chi connectivity index (χ1) is 21.3. The summed E-state index contributed by atoms with van der Waals surface area (Å²) >= 11 is 0. The van der Waals surface area contributed by atoms with Crippen molar-refractivity contribution < 1.29 is 0 Å². The quantitative estimate of drug-likeness (QED) is 0.211. The SMILES string of the molecule is c1ccc2c(c1)-c1ccc(N(c3ccc4ccccc4c3)c3cccc4ccccc34)cc1C21C2CC3CC(C2)CC1C3. The molecule has 4 fully saturated rings. The van der Waals surface area contributed by atoms with Crippen molar-refractivity contribution >= 4 is 38.6 Å². The zero-order valence-electron chi connectivity index (χ0n) is 24.4. The van der Waals surface area contributed by atoms with Crippen LogP contribution in [0.3, 0.4) is 0 Å². The molecule has 208 valence electrons. The lowest BCUT2D eigenvalue weighted by molar-refractivity contribution is -0.0399. The highest BCUT2D eigenvalue weighted by atomic mass is 15.1. The van der Waals surface area contributed by atoms with E-state index in [9.17, 15) is 0 Å². The fourth-order valence-corrected chi connectivity index (χ4v) is 10.4. The number of nitrogens with zero attached hydrogens (tertiary/aromatic N) is 1. The number of benzene rings is 6. The van der Waals surface area contributed by atoms with Gasteiger partial charge in [-0.05, 0) is 125 Å². The van der Waals surface area contributed by atoms with E-state index in [1.54, 1.807) is 11.1 Å². The van der Waals surface area contributed by atoms with Crippen LogP contribution in [-0.2, 0) is 5.41 Å². The number of anilines is 3. The zero-order valence-corrected chi connectivity index (χ0v) is 24.4. The third-order valence-electron chi connectivity index (χ3n) is 11.8. The molecule has 0 heterocycles. The van der Waals surface area contributed by atoms with Gasteiger partial charge in [-0.15, -0.1) is 0 Å². The molecule has 5 aliphatic carbocycles. The highest BCUT2D eigenvalue weighted by molar-refractivity contribution is 6.00. The number of fused-ring (bicyclic) bond motifs is 5. The fourth-order valence-electron chi connectivity index (χ4n) is 10.4. The van der Waals surface area contributed by atoms with E-state index in [2.05, 4.69) is 132 Å². The summed E-state index contributed by atoms with van der Waals surface area (Å²) in [6, 6.07) is 48.2. The number of rotatable bonds is 3. The third kappa shape index (κ3) is 3.29. The molecule has 5 aliphatic rings. The zero-order chi connectivity index (χ0) is 28.1. The normalized spacial score (nSPS) is 26.2. The molecule has 4 bridgehead atoms. The Labute approximate surface area is 253 Å². The van der Waals surface area contributed by atoms with Gasteiger partial charge >= 0.3 is 0 Å². The monoisotopic (exact) mass is 553 g/mol. The van der Waals surface area contributed by atoms with Gasteiger partial charge in [-0.3, -0.25) is 0 Å². The van der Waals surface area contributed by atoms with Crippen molar-refractivity contribution in [1.29, 1.82) is 0 Å². The summed E-state index contributed by atoms with van der Waals surface area (Å²) < 4.78 is 0. The van der Waals surface area contributed by atoms with Crippen LogP contribution in [0.25, 0.3) is 32.7 Å². The minimum absolute atomic E-state index is 0.156. The predicted octanol–water partition coefficient (Wildman–Crippen LogP) is 11.2. The smallest absolute Gasteiger partial charge is 0.0540 e. The van der Waals surface area contributed by atoms with E-state index < -0.39 is 0 Å². The van der Waals surface area contributed by atoms with E-state index >= 15 is 0 Å². The fraction of sp³-hybridized carbons (Fsp3) is 0.238. The molecule has 0 atom stereocenters. The molecule has 1 nitrogen and oxygen atoms in total. The van der Waals surface area contributed by atoms with E-state index in [4.69, 9.17) is 0 Å². The van der Waals surface area contributed by atoms with Crippen LogP contribution >= 0.6 is 0 Å². The van der Waals surface area contributed by atoms with Gasteiger partial charge in [0.05, 0.1) is 5.69 Å². The molecule has 0 amide bonds. The molecule has 0 unspecified atom stereocenters. The lowest BCUT2D eigenvalue weighted by Crippen LogP contribution is -2.55. The molecule has 0 N–H and O–H groups in total. The maximum atomic E-state index is 2.62. The first-order valence-corrected chi connectivity index (χ1v) is 16.3. The Hall–Kier alpha value is -4.36. The highest BCUT2D eigenvalue weighted by Crippen LogP contribution is 2.69. The van der Waals surface area contributed by atoms with Crippen LogP contribution in [0.4, 0.5) is 17.1 Å². The maximum absolute atomic E-state index is 2.62. The van der Waals surface area contributed by atoms with Gasteiger partial charge in [0.25, 0.3) is 0 Å². The first kappa shape index (κ1) is 24.1. The lowest BCUT2D eigenvalue weighted by Gasteiger charge is -2.61. The Bertz CT molecular complexity index is 2030. The molecule has 0 radical (unpaired) electrons. The Morgan fingerprint density at radius 1 is 0.465 bits per heavy atom. The molecular formula is C42H35N. The van der Waals surface area contributed by atoms with Crippen LogP contribution < -0.4 is 4.90 Å². The summed E-state index contributed by atoms with van der Waals surface area (Å²) in [5.41, 5.74) is 10.1. The predicted molar refractivity (Wildman–Crippen MR) is 179 cm³/mol. The van der Waals surface area contributed by atoms with Crippen molar-refractivity contribution in [1.82, 2.24) is 0 Å². The number of hydrogen-bond acceptors (Lipinski definition) is 1. The average Bonchev–Trinajstić information content (AvgIpc) is 3.34. The molecule has 0 aromatic heterocycles. The molecule has 6 aromatic carbocycles. The second-order valence-electron chi connectivity index (χ2n) is 13.8. The van der Waals surface area contributed by atoms with Gasteiger partial charge in [-0.1, -0.05) is 97.1 Å². The molecule has 11 rings (SSSR count). The highest BCUT2D eigenvalue weighted by Gasteiger charge is 2.61. The Morgan fingerprint density at radius 2 is 1.09 bits per heavy atom.